The van der Waals surface area contributed by atoms with Gasteiger partial charge in [-0.05, 0) is 48.9 Å². The number of halogens is 4. The van der Waals surface area contributed by atoms with Crippen LogP contribution in [0.1, 0.15) is 34.3 Å². The lowest BCUT2D eigenvalue weighted by atomic mass is 9.91. The molecular weight excluding hydrogens is 401 g/mol. The molecule has 5 nitrogen and oxygen atoms in total. The Morgan fingerprint density at radius 2 is 1.67 bits per heavy atom. The molecular formula is C18H14Cl2F2N2O3. The number of hydrogen-bond donors (Lipinski definition) is 1. The molecule has 2 aromatic carbocycles. The maximum atomic E-state index is 14.3. The first-order valence-corrected chi connectivity index (χ1v) is 8.78. The monoisotopic (exact) mass is 414 g/mol. The Hall–Kier alpha value is -2.38. The predicted molar refractivity (Wildman–Crippen MR) is 96.1 cm³/mol. The lowest BCUT2D eigenvalue weighted by Crippen LogP contribution is -2.34. The van der Waals surface area contributed by atoms with Crippen LogP contribution >= 0.6 is 23.4 Å². The third-order valence-electron chi connectivity index (χ3n) is 4.26. The van der Waals surface area contributed by atoms with Gasteiger partial charge in [-0.15, -0.1) is 0 Å². The molecule has 1 aliphatic carbocycles. The molecule has 0 radical (unpaired) electrons. The van der Waals surface area contributed by atoms with Gasteiger partial charge in [0.2, 0.25) is 0 Å². The summed E-state index contributed by atoms with van der Waals surface area (Å²) in [6.07, 6.45) is 3.51. The van der Waals surface area contributed by atoms with Crippen LogP contribution in [0.2, 0.25) is 5.02 Å². The Kier molecular flexibility index (Phi) is 5.53. The van der Waals surface area contributed by atoms with Gasteiger partial charge in [0.1, 0.15) is 28.7 Å². The Balaban J connectivity index is 1.94. The number of nitrogens with zero attached hydrogens (tertiary/aromatic N) is 1. The topological polar surface area (TPSA) is 72.6 Å². The van der Waals surface area contributed by atoms with E-state index in [1.54, 1.807) is 12.1 Å². The molecule has 0 saturated heterocycles. The van der Waals surface area contributed by atoms with Gasteiger partial charge in [-0.2, -0.15) is 4.42 Å². The molecule has 9 heteroatoms. The van der Waals surface area contributed by atoms with Gasteiger partial charge >= 0.3 is 6.03 Å². The first kappa shape index (κ1) is 19.4. The molecule has 2 aromatic rings. The SMILES string of the molecule is NC(=O)N(Cl)C(=O)c1c(F)cc(Oc2ccc(Cl)c3c2CCCC3)cc1F. The van der Waals surface area contributed by atoms with Crippen molar-refractivity contribution in [2.24, 2.45) is 5.73 Å². The van der Waals surface area contributed by atoms with Crippen LogP contribution in [-0.2, 0) is 12.8 Å². The molecule has 0 unspecified atom stereocenters. The van der Waals surface area contributed by atoms with Gasteiger partial charge in [-0.25, -0.2) is 13.6 Å². The molecule has 0 heterocycles. The maximum Gasteiger partial charge on any atom is 0.336 e. The van der Waals surface area contributed by atoms with Gasteiger partial charge in [-0.3, -0.25) is 4.79 Å². The quantitative estimate of drug-likeness (QED) is 0.720. The molecule has 0 bridgehead atoms. The van der Waals surface area contributed by atoms with E-state index >= 15 is 0 Å². The number of hydrogen-bond acceptors (Lipinski definition) is 3. The van der Waals surface area contributed by atoms with Gasteiger partial charge in [0.15, 0.2) is 0 Å². The highest BCUT2D eigenvalue weighted by atomic mass is 35.5. The Morgan fingerprint density at radius 3 is 2.26 bits per heavy atom. The largest absolute Gasteiger partial charge is 0.457 e. The molecule has 0 spiro atoms. The van der Waals surface area contributed by atoms with Gasteiger partial charge in [0, 0.05) is 28.9 Å². The van der Waals surface area contributed by atoms with E-state index in [-0.39, 0.29) is 10.2 Å². The number of amides is 3. The fourth-order valence-corrected chi connectivity index (χ4v) is 3.38. The van der Waals surface area contributed by atoms with Gasteiger partial charge < -0.3 is 10.5 Å². The minimum absolute atomic E-state index is 0.0996. The predicted octanol–water partition coefficient (Wildman–Crippen LogP) is 4.96. The highest BCUT2D eigenvalue weighted by Crippen LogP contribution is 2.37. The summed E-state index contributed by atoms with van der Waals surface area (Å²) in [5, 5.41) is 0.629. The molecule has 0 atom stereocenters. The Labute approximate surface area is 163 Å². The summed E-state index contributed by atoms with van der Waals surface area (Å²) in [6.45, 7) is 0. The highest BCUT2D eigenvalue weighted by Gasteiger charge is 2.27. The van der Waals surface area contributed by atoms with Gasteiger partial charge in [-0.1, -0.05) is 11.6 Å². The normalized spacial score (nSPS) is 13.0. The van der Waals surface area contributed by atoms with Gasteiger partial charge in [0.05, 0.1) is 0 Å². The number of carbonyl (C=O) groups is 2. The Bertz CT molecular complexity index is 914. The minimum atomic E-state index is -1.41. The second-order valence-electron chi connectivity index (χ2n) is 6.00. The molecule has 27 heavy (non-hydrogen) atoms. The van der Waals surface area contributed by atoms with Crippen molar-refractivity contribution in [2.75, 3.05) is 0 Å². The average molecular weight is 415 g/mol. The van der Waals surface area contributed by atoms with E-state index in [0.29, 0.717) is 10.8 Å². The van der Waals surface area contributed by atoms with E-state index < -0.39 is 29.1 Å². The molecule has 0 saturated carbocycles. The van der Waals surface area contributed by atoms with Crippen molar-refractivity contribution in [3.63, 3.8) is 0 Å². The lowest BCUT2D eigenvalue weighted by molar-refractivity contribution is 0.0882. The summed E-state index contributed by atoms with van der Waals surface area (Å²) in [5.74, 6) is -3.57. The summed E-state index contributed by atoms with van der Waals surface area (Å²) >= 11 is 11.6. The first-order valence-electron chi connectivity index (χ1n) is 8.06. The lowest BCUT2D eigenvalue weighted by Gasteiger charge is -2.21. The minimum Gasteiger partial charge on any atom is -0.457 e. The number of ether oxygens (including phenoxy) is 1. The second kappa shape index (κ2) is 7.70. The number of nitrogens with two attached hydrogens (primary N) is 1. The molecule has 3 rings (SSSR count). The van der Waals surface area contributed by atoms with E-state index in [2.05, 4.69) is 0 Å². The standard InChI is InChI=1S/C18H14Cl2F2N2O3/c19-12-5-6-15(11-4-2-1-3-10(11)12)27-9-7-13(21)16(14(22)8-9)17(25)24(20)18(23)26/h5-8H,1-4H2,(H2,23,26). The van der Waals surface area contributed by atoms with Crippen LogP contribution in [0.4, 0.5) is 13.6 Å². The average Bonchev–Trinajstić information content (AvgIpc) is 2.63. The van der Waals surface area contributed by atoms with Crippen molar-refractivity contribution in [3.8, 4) is 11.5 Å². The van der Waals surface area contributed by atoms with Crippen molar-refractivity contribution >= 4 is 35.3 Å². The van der Waals surface area contributed by atoms with Gasteiger partial charge in [0.25, 0.3) is 5.91 Å². The molecule has 142 valence electrons. The van der Waals surface area contributed by atoms with Crippen molar-refractivity contribution in [1.82, 2.24) is 4.42 Å². The molecule has 1 aliphatic rings. The van der Waals surface area contributed by atoms with E-state index in [4.69, 9.17) is 33.8 Å². The smallest absolute Gasteiger partial charge is 0.336 e. The van der Waals surface area contributed by atoms with E-state index in [1.807, 2.05) is 0 Å². The Morgan fingerprint density at radius 1 is 1.07 bits per heavy atom. The third kappa shape index (κ3) is 3.84. The van der Waals surface area contributed by atoms with Crippen LogP contribution in [0.25, 0.3) is 0 Å². The fourth-order valence-electron chi connectivity index (χ4n) is 3.02. The van der Waals surface area contributed by atoms with Crippen molar-refractivity contribution < 1.29 is 23.1 Å². The molecule has 2 N–H and O–H groups in total. The van der Waals surface area contributed by atoms with Crippen LogP contribution < -0.4 is 10.5 Å². The zero-order valence-corrected chi connectivity index (χ0v) is 15.4. The van der Waals surface area contributed by atoms with Crippen LogP contribution in [0.15, 0.2) is 24.3 Å². The zero-order chi connectivity index (χ0) is 19.7. The number of rotatable bonds is 3. The third-order valence-corrected chi connectivity index (χ3v) is 4.94. The van der Waals surface area contributed by atoms with Crippen LogP contribution in [0.5, 0.6) is 11.5 Å². The summed E-state index contributed by atoms with van der Waals surface area (Å²) in [6, 6.07) is 3.63. The summed E-state index contributed by atoms with van der Waals surface area (Å²) in [4.78, 5) is 22.8. The number of benzene rings is 2. The number of urea groups is 1. The van der Waals surface area contributed by atoms with Crippen LogP contribution in [-0.4, -0.2) is 16.4 Å². The first-order chi connectivity index (χ1) is 12.8. The van der Waals surface area contributed by atoms with E-state index in [1.165, 1.54) is 0 Å². The number of imide groups is 1. The molecule has 3 amide bonds. The maximum absolute atomic E-state index is 14.3. The van der Waals surface area contributed by atoms with Crippen molar-refractivity contribution in [1.29, 1.82) is 0 Å². The number of primary amides is 1. The molecule has 0 aliphatic heterocycles. The zero-order valence-electron chi connectivity index (χ0n) is 13.9. The summed E-state index contributed by atoms with van der Waals surface area (Å²) < 4.78 is 34.1. The van der Waals surface area contributed by atoms with Crippen molar-refractivity contribution in [3.05, 3.63) is 57.6 Å². The van der Waals surface area contributed by atoms with Crippen molar-refractivity contribution in [2.45, 2.75) is 25.7 Å². The van der Waals surface area contributed by atoms with E-state index in [9.17, 15) is 18.4 Å². The highest BCUT2D eigenvalue weighted by molar-refractivity contribution is 6.32. The van der Waals surface area contributed by atoms with Crippen LogP contribution in [0, 0.1) is 11.6 Å². The number of carbonyl (C=O) groups excluding carboxylic acids is 2. The summed E-state index contributed by atoms with van der Waals surface area (Å²) in [7, 11) is 0. The van der Waals surface area contributed by atoms with Crippen LogP contribution in [0.3, 0.4) is 0 Å². The van der Waals surface area contributed by atoms with E-state index in [0.717, 1.165) is 48.9 Å². The fraction of sp³-hybridized carbons (Fsp3) is 0.222. The molecule has 0 fully saturated rings. The number of fused-ring (bicyclic) bond motifs is 1. The summed E-state index contributed by atoms with van der Waals surface area (Å²) in [5.41, 5.74) is 5.70. The second-order valence-corrected chi connectivity index (χ2v) is 6.74. The molecule has 0 aromatic heterocycles.